The molecule has 1 fully saturated rings. The van der Waals surface area contributed by atoms with E-state index in [1.165, 1.54) is 4.88 Å². The first-order valence-electron chi connectivity index (χ1n) is 8.34. The lowest BCUT2D eigenvalue weighted by Crippen LogP contribution is -2.58. The van der Waals surface area contributed by atoms with Gasteiger partial charge in [-0.3, -0.25) is 15.1 Å². The van der Waals surface area contributed by atoms with Crippen LogP contribution in [0.25, 0.3) is 0 Å². The number of aromatic nitrogens is 1. The molecule has 1 aromatic rings. The van der Waals surface area contributed by atoms with E-state index >= 15 is 0 Å². The number of amides is 2. The van der Waals surface area contributed by atoms with Gasteiger partial charge in [-0.05, 0) is 27.3 Å². The predicted molar refractivity (Wildman–Crippen MR) is 96.3 cm³/mol. The van der Waals surface area contributed by atoms with Gasteiger partial charge < -0.3 is 5.32 Å². The van der Waals surface area contributed by atoms with Crippen LogP contribution in [0.1, 0.15) is 32.1 Å². The average molecular weight is 340 g/mol. The minimum Gasteiger partial charge on any atom is -0.337 e. The number of carbonyl (C=O) groups excluding carboxylic acids is 1. The summed E-state index contributed by atoms with van der Waals surface area (Å²) in [6, 6.07) is -0.171. The Bertz CT molecular complexity index is 516. The highest BCUT2D eigenvalue weighted by molar-refractivity contribution is 7.15. The van der Waals surface area contributed by atoms with Crippen LogP contribution in [0.15, 0.2) is 6.20 Å². The summed E-state index contributed by atoms with van der Waals surface area (Å²) in [6.45, 7) is 11.3. The number of aryl methyl sites for hydroxylation is 1. The molecule has 1 aromatic heterocycles. The Labute approximate surface area is 143 Å². The van der Waals surface area contributed by atoms with Gasteiger partial charge in [0.15, 0.2) is 5.13 Å². The van der Waals surface area contributed by atoms with Gasteiger partial charge in [0.05, 0.1) is 0 Å². The second-order valence-electron chi connectivity index (χ2n) is 6.77. The fourth-order valence-corrected chi connectivity index (χ4v) is 3.64. The summed E-state index contributed by atoms with van der Waals surface area (Å²) in [4.78, 5) is 22.2. The molecule has 2 heterocycles. The third-order valence-electron chi connectivity index (χ3n) is 4.38. The number of urea groups is 1. The van der Waals surface area contributed by atoms with Crippen molar-refractivity contribution in [2.24, 2.45) is 0 Å². The Kier molecular flexibility index (Phi) is 6.38. The van der Waals surface area contributed by atoms with Gasteiger partial charge in [0.25, 0.3) is 0 Å². The number of anilines is 1. The number of piperazine rings is 1. The van der Waals surface area contributed by atoms with Crippen LogP contribution in [0.4, 0.5) is 9.93 Å². The quantitative estimate of drug-likeness (QED) is 0.834. The molecule has 1 aliphatic rings. The number of thiazole rings is 1. The zero-order chi connectivity index (χ0) is 16.9. The molecule has 0 radical (unpaired) electrons. The number of nitrogens with one attached hydrogen (secondary N) is 2. The number of hydrogen-bond acceptors (Lipinski definition) is 5. The van der Waals surface area contributed by atoms with E-state index in [1.54, 1.807) is 11.3 Å². The van der Waals surface area contributed by atoms with Crippen LogP contribution in [-0.2, 0) is 6.42 Å². The zero-order valence-corrected chi connectivity index (χ0v) is 15.5. The van der Waals surface area contributed by atoms with Crippen LogP contribution >= 0.6 is 11.3 Å². The van der Waals surface area contributed by atoms with Crippen LogP contribution in [0.3, 0.4) is 0 Å². The fraction of sp³-hybridized carbons (Fsp3) is 0.750. The summed E-state index contributed by atoms with van der Waals surface area (Å²) < 4.78 is 0. The van der Waals surface area contributed by atoms with Crippen LogP contribution < -0.4 is 10.6 Å². The third-order valence-corrected chi connectivity index (χ3v) is 5.35. The maximum absolute atomic E-state index is 11.9. The van der Waals surface area contributed by atoms with E-state index in [2.05, 4.69) is 53.2 Å². The third kappa shape index (κ3) is 5.44. The van der Waals surface area contributed by atoms with Crippen molar-refractivity contribution in [2.75, 3.05) is 45.1 Å². The molecule has 0 spiro atoms. The number of rotatable bonds is 6. The first-order valence-corrected chi connectivity index (χ1v) is 9.15. The van der Waals surface area contributed by atoms with Gasteiger partial charge in [-0.2, -0.15) is 0 Å². The first kappa shape index (κ1) is 18.2. The minimum atomic E-state index is -0.171. The van der Waals surface area contributed by atoms with E-state index in [-0.39, 0.29) is 11.6 Å². The summed E-state index contributed by atoms with van der Waals surface area (Å²) in [5.74, 6) is 0. The van der Waals surface area contributed by atoms with E-state index in [1.807, 2.05) is 6.20 Å². The predicted octanol–water partition coefficient (Wildman–Crippen LogP) is 2.24. The normalized spacial score (nSPS) is 18.8. The number of likely N-dealkylation sites (N-methyl/N-ethyl adjacent to an activating group) is 1. The second kappa shape index (κ2) is 8.08. The lowest BCUT2D eigenvalue weighted by Gasteiger charge is -2.45. The van der Waals surface area contributed by atoms with E-state index < -0.39 is 0 Å². The Morgan fingerprint density at radius 3 is 2.91 bits per heavy atom. The summed E-state index contributed by atoms with van der Waals surface area (Å²) in [7, 11) is 2.17. The Morgan fingerprint density at radius 2 is 2.22 bits per heavy atom. The maximum atomic E-state index is 11.9. The molecule has 0 aromatic carbocycles. The van der Waals surface area contributed by atoms with Gasteiger partial charge in [0.1, 0.15) is 0 Å². The molecule has 23 heavy (non-hydrogen) atoms. The maximum Gasteiger partial charge on any atom is 0.321 e. The standard InChI is InChI=1S/C16H29N5OS/c1-5-6-13-11-18-15(23-13)19-14(22)17-7-8-21-10-9-20(4)16(2,3)12-21/h11H,5-10,12H2,1-4H3,(H2,17,18,19,22). The van der Waals surface area contributed by atoms with E-state index in [0.717, 1.165) is 39.0 Å². The molecular formula is C16H29N5OS. The molecule has 0 aliphatic carbocycles. The molecule has 0 atom stereocenters. The van der Waals surface area contributed by atoms with Gasteiger partial charge in [-0.15, -0.1) is 11.3 Å². The lowest BCUT2D eigenvalue weighted by molar-refractivity contribution is 0.0411. The molecule has 2 N–H and O–H groups in total. The van der Waals surface area contributed by atoms with Crippen LogP contribution in [0.2, 0.25) is 0 Å². The summed E-state index contributed by atoms with van der Waals surface area (Å²) in [5.41, 5.74) is 0.192. The number of hydrogen-bond donors (Lipinski definition) is 2. The number of carbonyl (C=O) groups is 1. The molecule has 130 valence electrons. The minimum absolute atomic E-state index is 0.171. The molecule has 2 amide bonds. The van der Waals surface area contributed by atoms with Gasteiger partial charge in [0, 0.05) is 49.3 Å². The topological polar surface area (TPSA) is 60.5 Å². The van der Waals surface area contributed by atoms with Crippen molar-refractivity contribution < 1.29 is 4.79 Å². The Morgan fingerprint density at radius 1 is 1.43 bits per heavy atom. The molecule has 0 unspecified atom stereocenters. The number of nitrogens with zero attached hydrogens (tertiary/aromatic N) is 3. The van der Waals surface area contributed by atoms with Gasteiger partial charge in [-0.1, -0.05) is 13.3 Å². The molecule has 0 bridgehead atoms. The van der Waals surface area contributed by atoms with Crippen molar-refractivity contribution in [1.29, 1.82) is 0 Å². The molecular weight excluding hydrogens is 310 g/mol. The van der Waals surface area contributed by atoms with E-state index in [9.17, 15) is 4.79 Å². The lowest BCUT2D eigenvalue weighted by atomic mass is 10.00. The Balaban J connectivity index is 1.68. The second-order valence-corrected chi connectivity index (χ2v) is 7.89. The first-order chi connectivity index (χ1) is 10.9. The van der Waals surface area contributed by atoms with Crippen molar-refractivity contribution in [3.8, 4) is 0 Å². The monoisotopic (exact) mass is 339 g/mol. The highest BCUT2D eigenvalue weighted by atomic mass is 32.1. The van der Waals surface area contributed by atoms with Crippen molar-refractivity contribution in [3.05, 3.63) is 11.1 Å². The van der Waals surface area contributed by atoms with Crippen LogP contribution in [-0.4, -0.2) is 66.1 Å². The zero-order valence-electron chi connectivity index (χ0n) is 14.7. The van der Waals surface area contributed by atoms with Crippen molar-refractivity contribution in [3.63, 3.8) is 0 Å². The summed E-state index contributed by atoms with van der Waals surface area (Å²) in [6.07, 6.45) is 3.95. The van der Waals surface area contributed by atoms with Crippen molar-refractivity contribution >= 4 is 22.5 Å². The molecule has 7 heteroatoms. The highest BCUT2D eigenvalue weighted by Gasteiger charge is 2.30. The summed E-state index contributed by atoms with van der Waals surface area (Å²) in [5, 5.41) is 6.40. The molecule has 0 saturated carbocycles. The summed E-state index contributed by atoms with van der Waals surface area (Å²) >= 11 is 1.55. The molecule has 1 saturated heterocycles. The van der Waals surface area contributed by atoms with Crippen LogP contribution in [0, 0.1) is 0 Å². The SMILES string of the molecule is CCCc1cnc(NC(=O)NCCN2CCN(C)C(C)(C)C2)s1. The fourth-order valence-electron chi connectivity index (χ4n) is 2.73. The van der Waals surface area contributed by atoms with Crippen molar-refractivity contribution in [1.82, 2.24) is 20.1 Å². The highest BCUT2D eigenvalue weighted by Crippen LogP contribution is 2.19. The van der Waals surface area contributed by atoms with Gasteiger partial charge in [-0.25, -0.2) is 9.78 Å². The molecule has 1 aliphatic heterocycles. The average Bonchev–Trinajstić information content (AvgIpc) is 2.90. The largest absolute Gasteiger partial charge is 0.337 e. The molecule has 2 rings (SSSR count). The Hall–Kier alpha value is -1.18. The van der Waals surface area contributed by atoms with Gasteiger partial charge in [0.2, 0.25) is 0 Å². The molecule has 6 nitrogen and oxygen atoms in total. The van der Waals surface area contributed by atoms with Crippen molar-refractivity contribution in [2.45, 2.75) is 39.2 Å². The van der Waals surface area contributed by atoms with E-state index in [0.29, 0.717) is 11.7 Å². The van der Waals surface area contributed by atoms with E-state index in [4.69, 9.17) is 0 Å². The smallest absolute Gasteiger partial charge is 0.321 e. The van der Waals surface area contributed by atoms with Gasteiger partial charge >= 0.3 is 6.03 Å². The van der Waals surface area contributed by atoms with Crippen LogP contribution in [0.5, 0.6) is 0 Å².